The van der Waals surface area contributed by atoms with Gasteiger partial charge in [0, 0.05) is 39.0 Å². The first kappa shape index (κ1) is 17.8. The normalized spacial score (nSPS) is 12.6. The zero-order valence-corrected chi connectivity index (χ0v) is 13.4. The molecule has 0 aliphatic rings. The van der Waals surface area contributed by atoms with Crippen LogP contribution < -0.4 is 10.5 Å². The summed E-state index contributed by atoms with van der Waals surface area (Å²) in [5.74, 6) is 0.859. The fourth-order valence-electron chi connectivity index (χ4n) is 2.13. The molecule has 0 saturated carbocycles. The van der Waals surface area contributed by atoms with E-state index in [4.69, 9.17) is 19.9 Å². The lowest BCUT2D eigenvalue weighted by Gasteiger charge is -2.28. The number of anilines is 1. The Balaban J connectivity index is 2.29. The molecule has 0 saturated heterocycles. The molecule has 0 fully saturated rings. The molecule has 1 atom stereocenters. The standard InChI is InChI=1S/C16H28N2O3/c1-14(13-20-3)18(10-12-19-2)9-4-11-21-16-7-5-15(17)6-8-16/h5-8,14H,4,9-13,17H2,1-3H3. The van der Waals surface area contributed by atoms with E-state index in [1.807, 2.05) is 24.3 Å². The molecule has 0 radical (unpaired) electrons. The van der Waals surface area contributed by atoms with Gasteiger partial charge in [0.1, 0.15) is 5.75 Å². The maximum Gasteiger partial charge on any atom is 0.119 e. The predicted molar refractivity (Wildman–Crippen MR) is 85.8 cm³/mol. The maximum atomic E-state index is 5.71. The fourth-order valence-corrected chi connectivity index (χ4v) is 2.13. The summed E-state index contributed by atoms with van der Waals surface area (Å²) in [4.78, 5) is 2.36. The predicted octanol–water partition coefficient (Wildman–Crippen LogP) is 2.02. The number of benzene rings is 1. The van der Waals surface area contributed by atoms with Crippen LogP contribution in [0, 0.1) is 0 Å². The Morgan fingerprint density at radius 3 is 2.38 bits per heavy atom. The van der Waals surface area contributed by atoms with Crippen molar-refractivity contribution in [2.24, 2.45) is 0 Å². The van der Waals surface area contributed by atoms with Crippen LogP contribution in [0.25, 0.3) is 0 Å². The lowest BCUT2D eigenvalue weighted by molar-refractivity contribution is 0.0717. The van der Waals surface area contributed by atoms with E-state index >= 15 is 0 Å². The molecule has 0 aliphatic carbocycles. The highest BCUT2D eigenvalue weighted by atomic mass is 16.5. The Bertz CT molecular complexity index is 370. The zero-order chi connectivity index (χ0) is 15.5. The highest BCUT2D eigenvalue weighted by Gasteiger charge is 2.12. The van der Waals surface area contributed by atoms with Crippen LogP contribution in [0.15, 0.2) is 24.3 Å². The molecule has 1 rings (SSSR count). The van der Waals surface area contributed by atoms with Crippen LogP contribution in [0.2, 0.25) is 0 Å². The second-order valence-corrected chi connectivity index (χ2v) is 5.10. The monoisotopic (exact) mass is 296 g/mol. The summed E-state index contributed by atoms with van der Waals surface area (Å²) in [6.45, 7) is 6.17. The van der Waals surface area contributed by atoms with Gasteiger partial charge in [0.15, 0.2) is 0 Å². The molecule has 1 aromatic carbocycles. The van der Waals surface area contributed by atoms with E-state index < -0.39 is 0 Å². The molecule has 120 valence electrons. The van der Waals surface area contributed by atoms with E-state index in [1.54, 1.807) is 14.2 Å². The summed E-state index contributed by atoms with van der Waals surface area (Å²) >= 11 is 0. The van der Waals surface area contributed by atoms with Gasteiger partial charge >= 0.3 is 0 Å². The van der Waals surface area contributed by atoms with E-state index in [0.717, 1.165) is 44.2 Å². The molecule has 5 nitrogen and oxygen atoms in total. The number of hydrogen-bond donors (Lipinski definition) is 1. The van der Waals surface area contributed by atoms with Crippen molar-refractivity contribution >= 4 is 5.69 Å². The second kappa shape index (κ2) is 10.4. The van der Waals surface area contributed by atoms with E-state index in [0.29, 0.717) is 12.6 Å². The first-order chi connectivity index (χ1) is 10.2. The lowest BCUT2D eigenvalue weighted by Crippen LogP contribution is -2.39. The first-order valence-corrected chi connectivity index (χ1v) is 7.37. The van der Waals surface area contributed by atoms with Crippen molar-refractivity contribution in [3.63, 3.8) is 0 Å². The molecule has 1 unspecified atom stereocenters. The number of nitrogens with zero attached hydrogens (tertiary/aromatic N) is 1. The number of rotatable bonds is 11. The minimum atomic E-state index is 0.377. The number of ether oxygens (including phenoxy) is 3. The molecule has 0 aliphatic heterocycles. The molecular formula is C16H28N2O3. The van der Waals surface area contributed by atoms with E-state index in [9.17, 15) is 0 Å². The first-order valence-electron chi connectivity index (χ1n) is 7.37. The Labute approximate surface area is 128 Å². The molecule has 0 amide bonds. The average molecular weight is 296 g/mol. The number of hydrogen-bond acceptors (Lipinski definition) is 5. The zero-order valence-electron chi connectivity index (χ0n) is 13.4. The molecule has 21 heavy (non-hydrogen) atoms. The van der Waals surface area contributed by atoms with Gasteiger partial charge in [-0.25, -0.2) is 0 Å². The van der Waals surface area contributed by atoms with Crippen LogP contribution >= 0.6 is 0 Å². The van der Waals surface area contributed by atoms with E-state index in [1.165, 1.54) is 0 Å². The van der Waals surface area contributed by atoms with Crippen LogP contribution in [0.5, 0.6) is 5.75 Å². The fraction of sp³-hybridized carbons (Fsp3) is 0.625. The van der Waals surface area contributed by atoms with Gasteiger partial charge in [0.2, 0.25) is 0 Å². The Hall–Kier alpha value is -1.30. The molecule has 0 bridgehead atoms. The van der Waals surface area contributed by atoms with Crippen LogP contribution in [0.1, 0.15) is 13.3 Å². The molecule has 2 N–H and O–H groups in total. The van der Waals surface area contributed by atoms with Crippen molar-refractivity contribution in [2.45, 2.75) is 19.4 Å². The maximum absolute atomic E-state index is 5.71. The summed E-state index contributed by atoms with van der Waals surface area (Å²) in [5.41, 5.74) is 6.39. The number of nitrogens with two attached hydrogens (primary N) is 1. The van der Waals surface area contributed by atoms with E-state index in [2.05, 4.69) is 11.8 Å². The Morgan fingerprint density at radius 2 is 1.76 bits per heavy atom. The van der Waals surface area contributed by atoms with Gasteiger partial charge in [0.25, 0.3) is 0 Å². The van der Waals surface area contributed by atoms with E-state index in [-0.39, 0.29) is 0 Å². The topological polar surface area (TPSA) is 57.0 Å². The third-order valence-electron chi connectivity index (χ3n) is 3.35. The van der Waals surface area contributed by atoms with Gasteiger partial charge in [0.05, 0.1) is 19.8 Å². The van der Waals surface area contributed by atoms with Crippen LogP contribution in [0.3, 0.4) is 0 Å². The van der Waals surface area contributed by atoms with Gasteiger partial charge < -0.3 is 19.9 Å². The minimum absolute atomic E-state index is 0.377. The largest absolute Gasteiger partial charge is 0.494 e. The van der Waals surface area contributed by atoms with Gasteiger partial charge in [-0.1, -0.05) is 0 Å². The smallest absolute Gasteiger partial charge is 0.119 e. The van der Waals surface area contributed by atoms with Crippen LogP contribution in [-0.2, 0) is 9.47 Å². The van der Waals surface area contributed by atoms with Crippen molar-refractivity contribution in [1.82, 2.24) is 4.90 Å². The van der Waals surface area contributed by atoms with Crippen molar-refractivity contribution < 1.29 is 14.2 Å². The van der Waals surface area contributed by atoms with Gasteiger partial charge in [-0.2, -0.15) is 0 Å². The quantitative estimate of drug-likeness (QED) is 0.500. The summed E-state index contributed by atoms with van der Waals surface area (Å²) < 4.78 is 16.1. The third kappa shape index (κ3) is 7.32. The van der Waals surface area contributed by atoms with Crippen molar-refractivity contribution in [1.29, 1.82) is 0 Å². The SMILES string of the molecule is COCCN(CCCOc1ccc(N)cc1)C(C)COC. The van der Waals surface area contributed by atoms with Gasteiger partial charge in [-0.15, -0.1) is 0 Å². The summed E-state index contributed by atoms with van der Waals surface area (Å²) in [6.07, 6.45) is 0.960. The van der Waals surface area contributed by atoms with Crippen molar-refractivity contribution in [3.05, 3.63) is 24.3 Å². The highest BCUT2D eigenvalue weighted by Crippen LogP contribution is 2.13. The molecule has 1 aromatic rings. The van der Waals surface area contributed by atoms with Crippen LogP contribution in [-0.4, -0.2) is 58.1 Å². The molecule has 0 aromatic heterocycles. The summed E-state index contributed by atoms with van der Waals surface area (Å²) in [6, 6.07) is 7.86. The van der Waals surface area contributed by atoms with Crippen molar-refractivity contribution in [2.75, 3.05) is 52.9 Å². The minimum Gasteiger partial charge on any atom is -0.494 e. The third-order valence-corrected chi connectivity index (χ3v) is 3.35. The molecular weight excluding hydrogens is 268 g/mol. The average Bonchev–Trinajstić information content (AvgIpc) is 2.48. The number of nitrogen functional groups attached to an aromatic ring is 1. The molecule has 5 heteroatoms. The molecule has 0 heterocycles. The summed E-state index contributed by atoms with van der Waals surface area (Å²) in [5, 5.41) is 0. The summed E-state index contributed by atoms with van der Waals surface area (Å²) in [7, 11) is 3.46. The van der Waals surface area contributed by atoms with Crippen LogP contribution in [0.4, 0.5) is 5.69 Å². The van der Waals surface area contributed by atoms with Crippen molar-refractivity contribution in [3.8, 4) is 5.75 Å². The lowest BCUT2D eigenvalue weighted by atomic mass is 10.2. The molecule has 0 spiro atoms. The Kier molecular flexibility index (Phi) is 8.82. The number of methoxy groups -OCH3 is 2. The van der Waals surface area contributed by atoms with Gasteiger partial charge in [-0.05, 0) is 37.6 Å². The second-order valence-electron chi connectivity index (χ2n) is 5.10. The van der Waals surface area contributed by atoms with Gasteiger partial charge in [-0.3, -0.25) is 4.90 Å². The Morgan fingerprint density at radius 1 is 1.05 bits per heavy atom. The highest BCUT2D eigenvalue weighted by molar-refractivity contribution is 5.41.